The number of non-ortho nitro benzene ring substituents is 1. The maximum atomic E-state index is 10.6. The van der Waals surface area contributed by atoms with Gasteiger partial charge in [0.25, 0.3) is 5.69 Å². The number of hydrogen-bond acceptors (Lipinski definition) is 5. The van der Waals surface area contributed by atoms with Crippen LogP contribution >= 0.6 is 0 Å². The maximum Gasteiger partial charge on any atom is 0.269 e. The van der Waals surface area contributed by atoms with E-state index < -0.39 is 4.92 Å². The average Bonchev–Trinajstić information content (AvgIpc) is 2.95. The predicted octanol–water partition coefficient (Wildman–Crippen LogP) is 3.31. The molecule has 0 unspecified atom stereocenters. The van der Waals surface area contributed by atoms with Gasteiger partial charge in [0.1, 0.15) is 0 Å². The van der Waals surface area contributed by atoms with Crippen LogP contribution in [0.25, 0.3) is 11.0 Å². The SMILES string of the molecule is C/C(=N/Nc1nc2ccccc2[nH]1)c1ccc([N+](=O)[O-])cc1. The summed E-state index contributed by atoms with van der Waals surface area (Å²) in [5.41, 5.74) is 6.20. The smallest absolute Gasteiger partial charge is 0.269 e. The van der Waals surface area contributed by atoms with Gasteiger partial charge >= 0.3 is 0 Å². The van der Waals surface area contributed by atoms with Crippen molar-refractivity contribution < 1.29 is 4.92 Å². The van der Waals surface area contributed by atoms with Crippen LogP contribution in [-0.2, 0) is 0 Å². The van der Waals surface area contributed by atoms with Crippen LogP contribution in [0.4, 0.5) is 11.6 Å². The van der Waals surface area contributed by atoms with Gasteiger partial charge in [0.2, 0.25) is 5.95 Å². The van der Waals surface area contributed by atoms with Crippen molar-refractivity contribution in [1.29, 1.82) is 0 Å². The number of hydrogen-bond donors (Lipinski definition) is 2. The molecule has 2 N–H and O–H groups in total. The second kappa shape index (κ2) is 5.65. The zero-order valence-corrected chi connectivity index (χ0v) is 11.8. The largest absolute Gasteiger partial charge is 0.323 e. The monoisotopic (exact) mass is 295 g/mol. The fourth-order valence-electron chi connectivity index (χ4n) is 2.03. The summed E-state index contributed by atoms with van der Waals surface area (Å²) in [4.78, 5) is 17.7. The van der Waals surface area contributed by atoms with Gasteiger partial charge in [-0.05, 0) is 36.8 Å². The molecule has 0 aliphatic carbocycles. The predicted molar refractivity (Wildman–Crippen MR) is 85.0 cm³/mol. The number of rotatable bonds is 4. The molecule has 0 amide bonds. The number of nitrogens with zero attached hydrogens (tertiary/aromatic N) is 3. The van der Waals surface area contributed by atoms with Crippen molar-refractivity contribution in [2.24, 2.45) is 5.10 Å². The molecule has 0 saturated heterocycles. The molecular formula is C15H13N5O2. The molecule has 3 rings (SSSR count). The Morgan fingerprint density at radius 3 is 2.64 bits per heavy atom. The second-order valence-electron chi connectivity index (χ2n) is 4.72. The van der Waals surface area contributed by atoms with Crippen molar-refractivity contribution in [2.45, 2.75) is 6.92 Å². The topological polar surface area (TPSA) is 96.2 Å². The number of fused-ring (bicyclic) bond motifs is 1. The van der Waals surface area contributed by atoms with E-state index in [1.54, 1.807) is 12.1 Å². The zero-order chi connectivity index (χ0) is 15.5. The molecular weight excluding hydrogens is 282 g/mol. The molecule has 0 spiro atoms. The van der Waals surface area contributed by atoms with Crippen LogP contribution in [0.1, 0.15) is 12.5 Å². The van der Waals surface area contributed by atoms with Gasteiger partial charge in [-0.2, -0.15) is 5.10 Å². The minimum atomic E-state index is -0.428. The van der Waals surface area contributed by atoms with Gasteiger partial charge in [-0.15, -0.1) is 0 Å². The number of imidazole rings is 1. The highest BCUT2D eigenvalue weighted by molar-refractivity contribution is 5.99. The normalized spacial score (nSPS) is 11.6. The first-order valence-electron chi connectivity index (χ1n) is 6.63. The number of benzene rings is 2. The fourth-order valence-corrected chi connectivity index (χ4v) is 2.03. The second-order valence-corrected chi connectivity index (χ2v) is 4.72. The van der Waals surface area contributed by atoms with Crippen molar-refractivity contribution in [2.75, 3.05) is 5.43 Å². The van der Waals surface area contributed by atoms with E-state index in [-0.39, 0.29) is 5.69 Å². The van der Waals surface area contributed by atoms with E-state index in [9.17, 15) is 10.1 Å². The number of aromatic nitrogens is 2. The van der Waals surface area contributed by atoms with E-state index in [2.05, 4.69) is 20.5 Å². The first-order valence-corrected chi connectivity index (χ1v) is 6.63. The molecule has 3 aromatic rings. The van der Waals surface area contributed by atoms with E-state index in [4.69, 9.17) is 0 Å². The molecule has 0 atom stereocenters. The molecule has 0 aliphatic rings. The third kappa shape index (κ3) is 2.78. The molecule has 7 heteroatoms. The number of anilines is 1. The van der Waals surface area contributed by atoms with Gasteiger partial charge in [-0.1, -0.05) is 12.1 Å². The van der Waals surface area contributed by atoms with E-state index in [1.165, 1.54) is 12.1 Å². The van der Waals surface area contributed by atoms with Gasteiger partial charge in [0.05, 0.1) is 21.7 Å². The number of nitrogens with one attached hydrogen (secondary N) is 2. The van der Waals surface area contributed by atoms with Crippen LogP contribution in [-0.4, -0.2) is 20.6 Å². The van der Waals surface area contributed by atoms with Gasteiger partial charge in [0.15, 0.2) is 0 Å². The summed E-state index contributed by atoms with van der Waals surface area (Å²) in [6, 6.07) is 13.9. The lowest BCUT2D eigenvalue weighted by molar-refractivity contribution is -0.384. The quantitative estimate of drug-likeness (QED) is 0.438. The van der Waals surface area contributed by atoms with Crippen LogP contribution in [0.2, 0.25) is 0 Å². The molecule has 22 heavy (non-hydrogen) atoms. The third-order valence-electron chi connectivity index (χ3n) is 3.21. The number of para-hydroxylation sites is 2. The summed E-state index contributed by atoms with van der Waals surface area (Å²) in [5.74, 6) is 0.544. The third-order valence-corrected chi connectivity index (χ3v) is 3.21. The Morgan fingerprint density at radius 2 is 1.95 bits per heavy atom. The molecule has 7 nitrogen and oxygen atoms in total. The van der Waals surface area contributed by atoms with Crippen LogP contribution in [0, 0.1) is 10.1 Å². The Labute approximate surface area is 125 Å². The van der Waals surface area contributed by atoms with E-state index in [0.29, 0.717) is 11.7 Å². The zero-order valence-electron chi connectivity index (χ0n) is 11.8. The molecule has 1 aromatic heterocycles. The van der Waals surface area contributed by atoms with Gasteiger partial charge in [0, 0.05) is 12.1 Å². The molecule has 0 bridgehead atoms. The van der Waals surface area contributed by atoms with E-state index in [1.807, 2.05) is 31.2 Å². The minimum absolute atomic E-state index is 0.0572. The number of H-pyrrole nitrogens is 1. The van der Waals surface area contributed by atoms with Crippen LogP contribution in [0.3, 0.4) is 0 Å². The highest BCUT2D eigenvalue weighted by Crippen LogP contribution is 2.15. The number of nitro groups is 1. The van der Waals surface area contributed by atoms with Gasteiger partial charge in [-0.3, -0.25) is 10.1 Å². The lowest BCUT2D eigenvalue weighted by Gasteiger charge is -2.01. The van der Waals surface area contributed by atoms with Gasteiger partial charge in [-0.25, -0.2) is 10.4 Å². The van der Waals surface area contributed by atoms with Crippen LogP contribution in [0.15, 0.2) is 53.6 Å². The number of aromatic amines is 1. The summed E-state index contributed by atoms with van der Waals surface area (Å²) in [7, 11) is 0. The number of hydrazone groups is 1. The van der Waals surface area contributed by atoms with Crippen LogP contribution < -0.4 is 5.43 Å². The Hall–Kier alpha value is -3.22. The molecule has 110 valence electrons. The average molecular weight is 295 g/mol. The lowest BCUT2D eigenvalue weighted by atomic mass is 10.1. The highest BCUT2D eigenvalue weighted by atomic mass is 16.6. The lowest BCUT2D eigenvalue weighted by Crippen LogP contribution is -2.00. The Bertz CT molecular complexity index is 819. The summed E-state index contributed by atoms with van der Waals surface area (Å²) in [6.45, 7) is 1.82. The first-order chi connectivity index (χ1) is 10.6. The summed E-state index contributed by atoms with van der Waals surface area (Å²) < 4.78 is 0. The van der Waals surface area contributed by atoms with Crippen LogP contribution in [0.5, 0.6) is 0 Å². The molecule has 0 saturated carbocycles. The Kier molecular flexibility index (Phi) is 3.53. The fraction of sp³-hybridized carbons (Fsp3) is 0.0667. The van der Waals surface area contributed by atoms with E-state index >= 15 is 0 Å². The van der Waals surface area contributed by atoms with Crippen molar-refractivity contribution in [3.8, 4) is 0 Å². The minimum Gasteiger partial charge on any atom is -0.323 e. The summed E-state index contributed by atoms with van der Waals surface area (Å²) >= 11 is 0. The first kappa shape index (κ1) is 13.7. The molecule has 0 radical (unpaired) electrons. The summed E-state index contributed by atoms with van der Waals surface area (Å²) in [5, 5.41) is 14.9. The van der Waals surface area contributed by atoms with Gasteiger partial charge < -0.3 is 4.98 Å². The van der Waals surface area contributed by atoms with Crippen molar-refractivity contribution in [3.05, 3.63) is 64.2 Å². The van der Waals surface area contributed by atoms with E-state index in [0.717, 1.165) is 16.6 Å². The molecule has 0 aliphatic heterocycles. The molecule has 0 fully saturated rings. The summed E-state index contributed by atoms with van der Waals surface area (Å²) in [6.07, 6.45) is 0. The number of nitro benzene ring substituents is 1. The Balaban J connectivity index is 1.77. The molecule has 2 aromatic carbocycles. The highest BCUT2D eigenvalue weighted by Gasteiger charge is 2.06. The molecule has 1 heterocycles. The van der Waals surface area contributed by atoms with Crippen molar-refractivity contribution in [3.63, 3.8) is 0 Å². The maximum absolute atomic E-state index is 10.6. The van der Waals surface area contributed by atoms with Crippen molar-refractivity contribution >= 4 is 28.4 Å². The Morgan fingerprint density at radius 1 is 1.23 bits per heavy atom. The van der Waals surface area contributed by atoms with Crippen molar-refractivity contribution in [1.82, 2.24) is 9.97 Å². The standard InChI is InChI=1S/C15H13N5O2/c1-10(11-6-8-12(9-7-11)20(21)22)18-19-15-16-13-4-2-3-5-14(13)17-15/h2-9H,1H3,(H2,16,17,19)/b18-10-.